The van der Waals surface area contributed by atoms with Gasteiger partial charge in [0, 0.05) is 19.0 Å². The molecule has 0 aromatic heterocycles. The van der Waals surface area contributed by atoms with E-state index in [1.807, 2.05) is 25.1 Å². The summed E-state index contributed by atoms with van der Waals surface area (Å²) in [5, 5.41) is 6.83. The van der Waals surface area contributed by atoms with Crippen LogP contribution in [0.25, 0.3) is 0 Å². The SMILES string of the molecule is Cc1ccc(NCCC(=O)NC2CC2)c(Cl)c1. The molecule has 2 N–H and O–H groups in total. The van der Waals surface area contributed by atoms with Gasteiger partial charge in [0.15, 0.2) is 0 Å². The van der Waals surface area contributed by atoms with Crippen LogP contribution in [0.4, 0.5) is 5.69 Å². The average molecular weight is 253 g/mol. The summed E-state index contributed by atoms with van der Waals surface area (Å²) in [5.41, 5.74) is 2.02. The van der Waals surface area contributed by atoms with Crippen LogP contribution in [0, 0.1) is 6.92 Å². The molecule has 1 aromatic rings. The highest BCUT2D eigenvalue weighted by Gasteiger charge is 2.22. The van der Waals surface area contributed by atoms with E-state index in [2.05, 4.69) is 10.6 Å². The molecule has 0 unspecified atom stereocenters. The van der Waals surface area contributed by atoms with E-state index in [1.165, 1.54) is 0 Å². The molecule has 2 rings (SSSR count). The van der Waals surface area contributed by atoms with Crippen molar-refractivity contribution in [1.82, 2.24) is 5.32 Å². The monoisotopic (exact) mass is 252 g/mol. The Morgan fingerprint density at radius 3 is 2.88 bits per heavy atom. The summed E-state index contributed by atoms with van der Waals surface area (Å²) in [6.07, 6.45) is 2.74. The van der Waals surface area contributed by atoms with Gasteiger partial charge in [0.1, 0.15) is 0 Å². The van der Waals surface area contributed by atoms with E-state index >= 15 is 0 Å². The van der Waals surface area contributed by atoms with Gasteiger partial charge in [-0.25, -0.2) is 0 Å². The van der Waals surface area contributed by atoms with E-state index < -0.39 is 0 Å². The number of amides is 1. The van der Waals surface area contributed by atoms with Crippen LogP contribution >= 0.6 is 11.6 Å². The highest BCUT2D eigenvalue weighted by atomic mass is 35.5. The van der Waals surface area contributed by atoms with Crippen molar-refractivity contribution in [3.05, 3.63) is 28.8 Å². The molecule has 0 spiro atoms. The summed E-state index contributed by atoms with van der Waals surface area (Å²) >= 11 is 6.08. The minimum atomic E-state index is 0.114. The van der Waals surface area contributed by atoms with E-state index in [0.29, 0.717) is 24.0 Å². The number of aryl methyl sites for hydroxylation is 1. The molecule has 1 aliphatic rings. The fraction of sp³-hybridized carbons (Fsp3) is 0.462. The molecule has 1 fully saturated rings. The number of rotatable bonds is 5. The Kier molecular flexibility index (Phi) is 3.89. The summed E-state index contributed by atoms with van der Waals surface area (Å²) in [7, 11) is 0. The lowest BCUT2D eigenvalue weighted by Crippen LogP contribution is -2.27. The smallest absolute Gasteiger partial charge is 0.221 e. The zero-order chi connectivity index (χ0) is 12.3. The molecule has 92 valence electrons. The van der Waals surface area contributed by atoms with Crippen LogP contribution in [0.1, 0.15) is 24.8 Å². The lowest BCUT2D eigenvalue weighted by atomic mass is 10.2. The molecule has 0 saturated heterocycles. The lowest BCUT2D eigenvalue weighted by Gasteiger charge is -2.09. The predicted octanol–water partition coefficient (Wildman–Crippen LogP) is 2.73. The Bertz CT molecular complexity index is 416. The van der Waals surface area contributed by atoms with Gasteiger partial charge in [-0.05, 0) is 37.5 Å². The van der Waals surface area contributed by atoms with Gasteiger partial charge in [0.25, 0.3) is 0 Å². The largest absolute Gasteiger partial charge is 0.383 e. The molecule has 1 saturated carbocycles. The number of benzene rings is 1. The standard InChI is InChI=1S/C13H17ClN2O/c1-9-2-5-12(11(14)8-9)15-7-6-13(17)16-10-3-4-10/h2,5,8,10,15H,3-4,6-7H2,1H3,(H,16,17). The minimum Gasteiger partial charge on any atom is -0.383 e. The second-order valence-electron chi connectivity index (χ2n) is 4.50. The van der Waals surface area contributed by atoms with Crippen LogP contribution < -0.4 is 10.6 Å². The molecule has 1 amide bonds. The number of carbonyl (C=O) groups is 1. The van der Waals surface area contributed by atoms with Crippen molar-refractivity contribution in [3.63, 3.8) is 0 Å². The number of anilines is 1. The third kappa shape index (κ3) is 3.93. The van der Waals surface area contributed by atoms with Crippen LogP contribution in [0.2, 0.25) is 5.02 Å². The van der Waals surface area contributed by atoms with Gasteiger partial charge in [0.2, 0.25) is 5.91 Å². The Hall–Kier alpha value is -1.22. The number of carbonyl (C=O) groups excluding carboxylic acids is 1. The number of halogens is 1. The van der Waals surface area contributed by atoms with Crippen molar-refractivity contribution < 1.29 is 4.79 Å². The van der Waals surface area contributed by atoms with E-state index in [-0.39, 0.29) is 5.91 Å². The summed E-state index contributed by atoms with van der Waals surface area (Å²) in [6, 6.07) is 6.29. The van der Waals surface area contributed by atoms with Gasteiger partial charge in [-0.2, -0.15) is 0 Å². The van der Waals surface area contributed by atoms with Crippen molar-refractivity contribution in [2.75, 3.05) is 11.9 Å². The van der Waals surface area contributed by atoms with Crippen LogP contribution in [0.3, 0.4) is 0 Å². The van der Waals surface area contributed by atoms with Crippen LogP contribution in [0.5, 0.6) is 0 Å². The molecular weight excluding hydrogens is 236 g/mol. The van der Waals surface area contributed by atoms with Gasteiger partial charge >= 0.3 is 0 Å². The second kappa shape index (κ2) is 5.41. The number of nitrogens with one attached hydrogen (secondary N) is 2. The molecule has 0 radical (unpaired) electrons. The normalized spacial score (nSPS) is 14.5. The summed E-state index contributed by atoms with van der Waals surface area (Å²) < 4.78 is 0. The summed E-state index contributed by atoms with van der Waals surface area (Å²) in [6.45, 7) is 2.61. The number of hydrogen-bond donors (Lipinski definition) is 2. The van der Waals surface area contributed by atoms with Crippen molar-refractivity contribution >= 4 is 23.2 Å². The molecule has 1 aliphatic carbocycles. The first kappa shape index (κ1) is 12.2. The molecule has 0 aliphatic heterocycles. The van der Waals surface area contributed by atoms with Gasteiger partial charge in [0.05, 0.1) is 10.7 Å². The second-order valence-corrected chi connectivity index (χ2v) is 4.91. The van der Waals surface area contributed by atoms with Gasteiger partial charge < -0.3 is 10.6 Å². The van der Waals surface area contributed by atoms with Gasteiger partial charge in [-0.15, -0.1) is 0 Å². The van der Waals surface area contributed by atoms with Gasteiger partial charge in [-0.3, -0.25) is 4.79 Å². The maximum Gasteiger partial charge on any atom is 0.221 e. The Balaban J connectivity index is 1.75. The fourth-order valence-corrected chi connectivity index (χ4v) is 1.90. The van der Waals surface area contributed by atoms with E-state index in [0.717, 1.165) is 24.1 Å². The zero-order valence-corrected chi connectivity index (χ0v) is 10.7. The first-order valence-electron chi connectivity index (χ1n) is 5.94. The Morgan fingerprint density at radius 2 is 2.24 bits per heavy atom. The van der Waals surface area contributed by atoms with Crippen LogP contribution in [-0.2, 0) is 4.79 Å². The summed E-state index contributed by atoms with van der Waals surface area (Å²) in [5.74, 6) is 0.114. The first-order valence-corrected chi connectivity index (χ1v) is 6.32. The number of hydrogen-bond acceptors (Lipinski definition) is 2. The highest BCUT2D eigenvalue weighted by molar-refractivity contribution is 6.33. The zero-order valence-electron chi connectivity index (χ0n) is 9.92. The average Bonchev–Trinajstić information content (AvgIpc) is 3.05. The molecule has 4 heteroatoms. The van der Waals surface area contributed by atoms with Crippen molar-refractivity contribution in [2.24, 2.45) is 0 Å². The third-order valence-electron chi connectivity index (χ3n) is 2.73. The lowest BCUT2D eigenvalue weighted by molar-refractivity contribution is -0.120. The van der Waals surface area contributed by atoms with Crippen LogP contribution in [-0.4, -0.2) is 18.5 Å². The molecule has 3 nitrogen and oxygen atoms in total. The van der Waals surface area contributed by atoms with Crippen molar-refractivity contribution in [1.29, 1.82) is 0 Å². The first-order chi connectivity index (χ1) is 8.15. The van der Waals surface area contributed by atoms with Crippen molar-refractivity contribution in [2.45, 2.75) is 32.2 Å². The van der Waals surface area contributed by atoms with E-state index in [9.17, 15) is 4.79 Å². The highest BCUT2D eigenvalue weighted by Crippen LogP contribution is 2.22. The topological polar surface area (TPSA) is 41.1 Å². The van der Waals surface area contributed by atoms with Gasteiger partial charge in [-0.1, -0.05) is 17.7 Å². The molecule has 0 bridgehead atoms. The maximum atomic E-state index is 11.4. The molecule has 0 heterocycles. The Labute approximate surface area is 107 Å². The quantitative estimate of drug-likeness (QED) is 0.846. The predicted molar refractivity (Wildman–Crippen MR) is 70.5 cm³/mol. The molecule has 0 atom stereocenters. The van der Waals surface area contributed by atoms with E-state index in [1.54, 1.807) is 0 Å². The molecule has 1 aromatic carbocycles. The van der Waals surface area contributed by atoms with Crippen molar-refractivity contribution in [3.8, 4) is 0 Å². The minimum absolute atomic E-state index is 0.114. The summed E-state index contributed by atoms with van der Waals surface area (Å²) in [4.78, 5) is 11.4. The molecule has 17 heavy (non-hydrogen) atoms. The van der Waals surface area contributed by atoms with E-state index in [4.69, 9.17) is 11.6 Å². The molecular formula is C13H17ClN2O. The Morgan fingerprint density at radius 1 is 1.47 bits per heavy atom. The third-order valence-corrected chi connectivity index (χ3v) is 3.05. The van der Waals surface area contributed by atoms with Crippen LogP contribution in [0.15, 0.2) is 18.2 Å². The fourth-order valence-electron chi connectivity index (χ4n) is 1.60. The maximum absolute atomic E-state index is 11.4.